The van der Waals surface area contributed by atoms with E-state index in [4.69, 9.17) is 4.74 Å². The molecule has 1 saturated heterocycles. The number of ether oxygens (including phenoxy) is 1. The smallest absolute Gasteiger partial charge is 0.319 e. The van der Waals surface area contributed by atoms with Crippen LogP contribution in [-0.4, -0.2) is 48.3 Å². The first-order valence-electron chi connectivity index (χ1n) is 8.12. The number of pyridine rings is 1. The minimum absolute atomic E-state index is 0.00195. The predicted octanol–water partition coefficient (Wildman–Crippen LogP) is 2.10. The molecule has 0 unspecified atom stereocenters. The van der Waals surface area contributed by atoms with Crippen LogP contribution in [0.5, 0.6) is 0 Å². The number of morpholine rings is 1. The molecule has 1 aliphatic heterocycles. The molecule has 0 bridgehead atoms. The molecule has 2 amide bonds. The molecule has 1 aromatic carbocycles. The lowest BCUT2D eigenvalue weighted by Crippen LogP contribution is -2.47. The van der Waals surface area contributed by atoms with E-state index >= 15 is 0 Å². The van der Waals surface area contributed by atoms with Crippen LogP contribution in [0.3, 0.4) is 0 Å². The summed E-state index contributed by atoms with van der Waals surface area (Å²) in [5.41, 5.74) is 1.96. The fourth-order valence-corrected chi connectivity index (χ4v) is 2.71. The molecule has 0 spiro atoms. The molecule has 6 nitrogen and oxygen atoms in total. The lowest BCUT2D eigenvalue weighted by Gasteiger charge is -2.33. The summed E-state index contributed by atoms with van der Waals surface area (Å²) in [6.07, 6.45) is 3.28. The zero-order valence-corrected chi connectivity index (χ0v) is 13.5. The van der Waals surface area contributed by atoms with Crippen LogP contribution in [0, 0.1) is 0 Å². The largest absolute Gasteiger partial charge is 0.374 e. The Hall–Kier alpha value is -2.44. The van der Waals surface area contributed by atoms with Crippen molar-refractivity contribution in [2.45, 2.75) is 12.6 Å². The highest BCUT2D eigenvalue weighted by Crippen LogP contribution is 2.10. The normalized spacial score (nSPS) is 18.1. The Morgan fingerprint density at radius 3 is 2.92 bits per heavy atom. The fraction of sp³-hybridized carbons (Fsp3) is 0.333. The maximum Gasteiger partial charge on any atom is 0.319 e. The average molecular weight is 326 g/mol. The first kappa shape index (κ1) is 16.4. The number of aromatic nitrogens is 1. The summed E-state index contributed by atoms with van der Waals surface area (Å²) in [5.74, 6) is 0. The average Bonchev–Trinajstić information content (AvgIpc) is 2.62. The third kappa shape index (κ3) is 5.04. The van der Waals surface area contributed by atoms with E-state index < -0.39 is 0 Å². The van der Waals surface area contributed by atoms with Crippen LogP contribution in [0.15, 0.2) is 54.9 Å². The molecule has 0 aliphatic carbocycles. The van der Waals surface area contributed by atoms with Crippen molar-refractivity contribution in [1.82, 2.24) is 15.2 Å². The standard InChI is InChI=1S/C18H22N4O2/c23-18(21-16-7-4-8-19-11-16)20-12-17-14-22(9-10-24-17)13-15-5-2-1-3-6-15/h1-8,11,17H,9-10,12-14H2,(H2,20,21,23)/t17-/m0/s1. The maximum absolute atomic E-state index is 11.9. The second-order valence-corrected chi connectivity index (χ2v) is 5.79. The van der Waals surface area contributed by atoms with Gasteiger partial charge in [-0.15, -0.1) is 0 Å². The number of hydrogen-bond donors (Lipinski definition) is 2. The summed E-state index contributed by atoms with van der Waals surface area (Å²) >= 11 is 0. The van der Waals surface area contributed by atoms with E-state index in [1.165, 1.54) is 5.56 Å². The number of carbonyl (C=O) groups is 1. The number of rotatable bonds is 5. The van der Waals surface area contributed by atoms with E-state index in [-0.39, 0.29) is 12.1 Å². The highest BCUT2D eigenvalue weighted by atomic mass is 16.5. The van der Waals surface area contributed by atoms with Gasteiger partial charge in [0.05, 0.1) is 24.6 Å². The minimum atomic E-state index is -0.244. The molecule has 0 radical (unpaired) electrons. The number of anilines is 1. The lowest BCUT2D eigenvalue weighted by atomic mass is 10.2. The summed E-state index contributed by atoms with van der Waals surface area (Å²) in [6, 6.07) is 13.7. The van der Waals surface area contributed by atoms with Gasteiger partial charge in [0.25, 0.3) is 0 Å². The van der Waals surface area contributed by atoms with Crippen molar-refractivity contribution in [3.05, 3.63) is 60.4 Å². The molecule has 24 heavy (non-hydrogen) atoms. The summed E-state index contributed by atoms with van der Waals surface area (Å²) in [6.45, 7) is 3.79. The number of hydrogen-bond acceptors (Lipinski definition) is 4. The van der Waals surface area contributed by atoms with Gasteiger partial charge in [-0.3, -0.25) is 9.88 Å². The van der Waals surface area contributed by atoms with Crippen LogP contribution in [0.2, 0.25) is 0 Å². The summed E-state index contributed by atoms with van der Waals surface area (Å²) in [5, 5.41) is 5.61. The topological polar surface area (TPSA) is 66.5 Å². The molecular weight excluding hydrogens is 304 g/mol. The Labute approximate surface area is 141 Å². The van der Waals surface area contributed by atoms with E-state index in [0.29, 0.717) is 18.8 Å². The second-order valence-electron chi connectivity index (χ2n) is 5.79. The summed E-state index contributed by atoms with van der Waals surface area (Å²) in [7, 11) is 0. The molecule has 2 heterocycles. The molecule has 126 valence electrons. The Kier molecular flexibility index (Phi) is 5.76. The van der Waals surface area contributed by atoms with Gasteiger partial charge in [0.1, 0.15) is 0 Å². The van der Waals surface area contributed by atoms with Crippen molar-refractivity contribution in [3.63, 3.8) is 0 Å². The van der Waals surface area contributed by atoms with E-state index in [1.54, 1.807) is 24.5 Å². The van der Waals surface area contributed by atoms with Gasteiger partial charge in [-0.2, -0.15) is 0 Å². The Balaban J connectivity index is 1.43. The van der Waals surface area contributed by atoms with E-state index in [0.717, 1.165) is 19.6 Å². The molecule has 0 saturated carbocycles. The second kappa shape index (κ2) is 8.42. The van der Waals surface area contributed by atoms with Gasteiger partial charge in [0.2, 0.25) is 0 Å². The maximum atomic E-state index is 11.9. The molecule has 1 fully saturated rings. The third-order valence-corrected chi connectivity index (χ3v) is 3.88. The molecule has 1 aliphatic rings. The first-order valence-corrected chi connectivity index (χ1v) is 8.12. The van der Waals surface area contributed by atoms with Crippen LogP contribution in [0.1, 0.15) is 5.56 Å². The highest BCUT2D eigenvalue weighted by Gasteiger charge is 2.21. The molecule has 1 atom stereocenters. The number of nitrogens with zero attached hydrogens (tertiary/aromatic N) is 2. The predicted molar refractivity (Wildman–Crippen MR) is 92.7 cm³/mol. The van der Waals surface area contributed by atoms with Crippen LogP contribution < -0.4 is 10.6 Å². The number of urea groups is 1. The lowest BCUT2D eigenvalue weighted by molar-refractivity contribution is -0.0285. The van der Waals surface area contributed by atoms with Gasteiger partial charge < -0.3 is 15.4 Å². The van der Waals surface area contributed by atoms with Crippen LogP contribution in [-0.2, 0) is 11.3 Å². The summed E-state index contributed by atoms with van der Waals surface area (Å²) < 4.78 is 5.75. The fourth-order valence-electron chi connectivity index (χ4n) is 2.71. The van der Waals surface area contributed by atoms with Crippen LogP contribution >= 0.6 is 0 Å². The van der Waals surface area contributed by atoms with E-state index in [2.05, 4.69) is 44.8 Å². The van der Waals surface area contributed by atoms with E-state index in [1.807, 2.05) is 6.07 Å². The number of amides is 2. The molecule has 1 aromatic heterocycles. The van der Waals surface area contributed by atoms with Crippen molar-refractivity contribution >= 4 is 11.7 Å². The Morgan fingerprint density at radius 1 is 1.25 bits per heavy atom. The van der Waals surface area contributed by atoms with Gasteiger partial charge in [-0.1, -0.05) is 30.3 Å². The Morgan fingerprint density at radius 2 is 2.12 bits per heavy atom. The highest BCUT2D eigenvalue weighted by molar-refractivity contribution is 5.88. The van der Waals surface area contributed by atoms with Gasteiger partial charge in [-0.25, -0.2) is 4.79 Å². The molecule has 6 heteroatoms. The van der Waals surface area contributed by atoms with Crippen LogP contribution in [0.4, 0.5) is 10.5 Å². The van der Waals surface area contributed by atoms with Crippen molar-refractivity contribution in [2.24, 2.45) is 0 Å². The SMILES string of the molecule is O=C(NC[C@H]1CN(Cc2ccccc2)CCO1)Nc1cccnc1. The first-order chi connectivity index (χ1) is 11.8. The number of benzene rings is 1. The van der Waals surface area contributed by atoms with Crippen molar-refractivity contribution < 1.29 is 9.53 Å². The molecule has 2 aromatic rings. The van der Waals surface area contributed by atoms with Crippen molar-refractivity contribution in [2.75, 3.05) is 31.6 Å². The third-order valence-electron chi connectivity index (χ3n) is 3.88. The van der Waals surface area contributed by atoms with Crippen molar-refractivity contribution in [3.8, 4) is 0 Å². The van der Waals surface area contributed by atoms with E-state index in [9.17, 15) is 4.79 Å². The van der Waals surface area contributed by atoms with Gasteiger partial charge >= 0.3 is 6.03 Å². The monoisotopic (exact) mass is 326 g/mol. The number of carbonyl (C=O) groups excluding carboxylic acids is 1. The molecule has 3 rings (SSSR count). The van der Waals surface area contributed by atoms with Crippen molar-refractivity contribution in [1.29, 1.82) is 0 Å². The van der Waals surface area contributed by atoms with Gasteiger partial charge in [-0.05, 0) is 17.7 Å². The molecular formula is C18H22N4O2. The van der Waals surface area contributed by atoms with Gasteiger partial charge in [0.15, 0.2) is 0 Å². The Bertz CT molecular complexity index is 636. The van der Waals surface area contributed by atoms with Crippen LogP contribution in [0.25, 0.3) is 0 Å². The zero-order valence-electron chi connectivity index (χ0n) is 13.5. The summed E-state index contributed by atoms with van der Waals surface area (Å²) in [4.78, 5) is 18.2. The quantitative estimate of drug-likeness (QED) is 0.883. The molecule has 2 N–H and O–H groups in total. The minimum Gasteiger partial charge on any atom is -0.374 e. The number of nitrogens with one attached hydrogen (secondary N) is 2. The van der Waals surface area contributed by atoms with Gasteiger partial charge in [0, 0.05) is 32.4 Å². The zero-order chi connectivity index (χ0) is 16.6.